The third-order valence-corrected chi connectivity index (χ3v) is 3.19. The van der Waals surface area contributed by atoms with Crippen LogP contribution in [-0.2, 0) is 0 Å². The number of anilines is 1. The quantitative estimate of drug-likeness (QED) is 0.606. The summed E-state index contributed by atoms with van der Waals surface area (Å²) in [5, 5.41) is 32.0. The van der Waals surface area contributed by atoms with Crippen molar-refractivity contribution in [2.75, 3.05) is 11.9 Å². The van der Waals surface area contributed by atoms with Gasteiger partial charge < -0.3 is 10.4 Å². The lowest BCUT2D eigenvalue weighted by Gasteiger charge is -2.23. The van der Waals surface area contributed by atoms with Gasteiger partial charge in [0.05, 0.1) is 17.6 Å². The fourth-order valence-electron chi connectivity index (χ4n) is 1.74. The predicted octanol–water partition coefficient (Wildman–Crippen LogP) is 2.29. The Labute approximate surface area is 111 Å². The summed E-state index contributed by atoms with van der Waals surface area (Å²) in [6.45, 7) is 3.99. The van der Waals surface area contributed by atoms with Gasteiger partial charge in [0, 0.05) is 11.8 Å². The highest BCUT2D eigenvalue weighted by Crippen LogP contribution is 2.23. The van der Waals surface area contributed by atoms with E-state index in [1.54, 1.807) is 6.07 Å². The molecule has 0 saturated heterocycles. The van der Waals surface area contributed by atoms with Crippen LogP contribution in [0.4, 0.5) is 11.4 Å². The van der Waals surface area contributed by atoms with Gasteiger partial charge in [-0.2, -0.15) is 5.26 Å². The molecule has 2 atom stereocenters. The average Bonchev–Trinajstić information content (AvgIpc) is 2.43. The van der Waals surface area contributed by atoms with Crippen molar-refractivity contribution in [2.45, 2.75) is 26.3 Å². The molecular weight excluding hydrogens is 246 g/mol. The third-order valence-electron chi connectivity index (χ3n) is 3.19. The van der Waals surface area contributed by atoms with Crippen molar-refractivity contribution in [2.24, 2.45) is 5.92 Å². The van der Waals surface area contributed by atoms with Crippen LogP contribution in [0, 0.1) is 27.4 Å². The van der Waals surface area contributed by atoms with Gasteiger partial charge in [-0.1, -0.05) is 20.3 Å². The zero-order chi connectivity index (χ0) is 14.4. The topological polar surface area (TPSA) is 99.2 Å². The molecule has 2 N–H and O–H groups in total. The number of aliphatic hydroxyl groups is 1. The molecule has 0 aliphatic rings. The number of benzene rings is 1. The first-order valence-corrected chi connectivity index (χ1v) is 6.09. The van der Waals surface area contributed by atoms with Crippen LogP contribution in [0.5, 0.6) is 0 Å². The van der Waals surface area contributed by atoms with Gasteiger partial charge in [-0.3, -0.25) is 10.1 Å². The number of nitro benzene ring substituents is 1. The van der Waals surface area contributed by atoms with Crippen LogP contribution >= 0.6 is 0 Å². The predicted molar refractivity (Wildman–Crippen MR) is 71.8 cm³/mol. The molecule has 19 heavy (non-hydrogen) atoms. The van der Waals surface area contributed by atoms with E-state index in [2.05, 4.69) is 5.32 Å². The average molecular weight is 263 g/mol. The Morgan fingerprint density at radius 2 is 2.26 bits per heavy atom. The fourth-order valence-corrected chi connectivity index (χ4v) is 1.74. The van der Waals surface area contributed by atoms with E-state index in [-0.39, 0.29) is 29.8 Å². The molecule has 0 heterocycles. The third kappa shape index (κ3) is 3.66. The van der Waals surface area contributed by atoms with Crippen LogP contribution in [-0.4, -0.2) is 22.7 Å². The molecule has 1 aromatic rings. The first kappa shape index (κ1) is 14.9. The van der Waals surface area contributed by atoms with E-state index >= 15 is 0 Å². The number of rotatable bonds is 6. The summed E-state index contributed by atoms with van der Waals surface area (Å²) in [6, 6.07) is 5.94. The molecule has 0 bridgehead atoms. The van der Waals surface area contributed by atoms with E-state index < -0.39 is 4.92 Å². The molecule has 1 rings (SSSR count). The summed E-state index contributed by atoms with van der Waals surface area (Å²) in [6.07, 6.45) is 0.899. The largest absolute Gasteiger partial charge is 0.394 e. The van der Waals surface area contributed by atoms with E-state index in [1.165, 1.54) is 12.1 Å². The lowest BCUT2D eigenvalue weighted by Crippen LogP contribution is -2.30. The van der Waals surface area contributed by atoms with Crippen LogP contribution in [0.3, 0.4) is 0 Å². The second-order valence-corrected chi connectivity index (χ2v) is 4.42. The van der Waals surface area contributed by atoms with E-state index in [0.717, 1.165) is 6.42 Å². The Hall–Kier alpha value is -2.13. The highest BCUT2D eigenvalue weighted by atomic mass is 16.6. The van der Waals surface area contributed by atoms with Crippen molar-refractivity contribution in [3.8, 4) is 6.07 Å². The van der Waals surface area contributed by atoms with Gasteiger partial charge in [-0.15, -0.1) is 0 Å². The van der Waals surface area contributed by atoms with Crippen molar-refractivity contribution in [3.63, 3.8) is 0 Å². The Kier molecular flexibility index (Phi) is 5.27. The second-order valence-electron chi connectivity index (χ2n) is 4.42. The Balaban J connectivity index is 2.97. The van der Waals surface area contributed by atoms with Gasteiger partial charge in [0.25, 0.3) is 5.69 Å². The molecule has 0 aliphatic heterocycles. The highest BCUT2D eigenvalue weighted by molar-refractivity contribution is 5.59. The van der Waals surface area contributed by atoms with E-state index in [9.17, 15) is 15.2 Å². The molecule has 0 saturated carbocycles. The number of nitriles is 1. The summed E-state index contributed by atoms with van der Waals surface area (Å²) in [5.74, 6) is 0.255. The summed E-state index contributed by atoms with van der Waals surface area (Å²) < 4.78 is 0. The minimum atomic E-state index is -0.583. The molecular formula is C13H17N3O3. The van der Waals surface area contributed by atoms with Crippen LogP contribution < -0.4 is 5.32 Å². The summed E-state index contributed by atoms with van der Waals surface area (Å²) in [4.78, 5) is 10.1. The van der Waals surface area contributed by atoms with Gasteiger partial charge in [0.1, 0.15) is 11.6 Å². The Bertz CT molecular complexity index is 496. The number of nitro groups is 1. The maximum absolute atomic E-state index is 10.7. The van der Waals surface area contributed by atoms with E-state index in [1.807, 2.05) is 19.9 Å². The number of nitrogens with one attached hydrogen (secondary N) is 1. The highest BCUT2D eigenvalue weighted by Gasteiger charge is 2.17. The molecule has 0 amide bonds. The van der Waals surface area contributed by atoms with E-state index in [0.29, 0.717) is 5.69 Å². The first-order valence-electron chi connectivity index (χ1n) is 6.09. The zero-order valence-corrected chi connectivity index (χ0v) is 11.0. The van der Waals surface area contributed by atoms with Gasteiger partial charge in [0.2, 0.25) is 0 Å². The zero-order valence-electron chi connectivity index (χ0n) is 11.0. The minimum Gasteiger partial charge on any atom is -0.394 e. The van der Waals surface area contributed by atoms with Crippen LogP contribution in [0.1, 0.15) is 25.8 Å². The second kappa shape index (κ2) is 6.71. The lowest BCUT2D eigenvalue weighted by molar-refractivity contribution is -0.385. The number of hydrogen-bond acceptors (Lipinski definition) is 5. The van der Waals surface area contributed by atoms with Gasteiger partial charge in [-0.05, 0) is 18.1 Å². The standard InChI is InChI=1S/C13H17N3O3/c1-3-9(2)12(8-17)15-11-4-5-13(16(18)19)10(6-11)7-14/h4-6,9,12,15,17H,3,8H2,1-2H3/t9-,12+/m0/s1. The molecule has 0 aliphatic carbocycles. The summed E-state index contributed by atoms with van der Waals surface area (Å²) >= 11 is 0. The summed E-state index contributed by atoms with van der Waals surface area (Å²) in [5.41, 5.74) is 0.398. The Morgan fingerprint density at radius 3 is 2.74 bits per heavy atom. The normalized spacial score (nSPS) is 13.4. The number of hydrogen-bond donors (Lipinski definition) is 2. The lowest BCUT2D eigenvalue weighted by atomic mass is 9.99. The van der Waals surface area contributed by atoms with Crippen molar-refractivity contribution in [1.82, 2.24) is 0 Å². The molecule has 0 spiro atoms. The molecule has 102 valence electrons. The van der Waals surface area contributed by atoms with Gasteiger partial charge >= 0.3 is 0 Å². The first-order chi connectivity index (χ1) is 9.03. The molecule has 0 radical (unpaired) electrons. The Morgan fingerprint density at radius 1 is 1.58 bits per heavy atom. The molecule has 0 unspecified atom stereocenters. The van der Waals surface area contributed by atoms with Crippen molar-refractivity contribution in [3.05, 3.63) is 33.9 Å². The van der Waals surface area contributed by atoms with Crippen molar-refractivity contribution < 1.29 is 10.0 Å². The van der Waals surface area contributed by atoms with Crippen LogP contribution in [0.2, 0.25) is 0 Å². The minimum absolute atomic E-state index is 0.0100. The SMILES string of the molecule is CC[C@H](C)[C@@H](CO)Nc1ccc([N+](=O)[O-])c(C#N)c1. The van der Waals surface area contributed by atoms with Crippen LogP contribution in [0.15, 0.2) is 18.2 Å². The van der Waals surface area contributed by atoms with Crippen LogP contribution in [0.25, 0.3) is 0 Å². The number of aliphatic hydroxyl groups excluding tert-OH is 1. The monoisotopic (exact) mass is 263 g/mol. The number of nitrogens with zero attached hydrogens (tertiary/aromatic N) is 2. The fraction of sp³-hybridized carbons (Fsp3) is 0.462. The molecule has 6 heteroatoms. The molecule has 1 aromatic carbocycles. The van der Waals surface area contributed by atoms with E-state index in [4.69, 9.17) is 5.26 Å². The maximum atomic E-state index is 10.7. The van der Waals surface area contributed by atoms with Crippen molar-refractivity contribution in [1.29, 1.82) is 5.26 Å². The van der Waals surface area contributed by atoms with Gasteiger partial charge in [-0.25, -0.2) is 0 Å². The summed E-state index contributed by atoms with van der Waals surface area (Å²) in [7, 11) is 0. The molecule has 0 aromatic heterocycles. The van der Waals surface area contributed by atoms with Gasteiger partial charge in [0.15, 0.2) is 0 Å². The smallest absolute Gasteiger partial charge is 0.287 e. The maximum Gasteiger partial charge on any atom is 0.287 e. The van der Waals surface area contributed by atoms with Crippen molar-refractivity contribution >= 4 is 11.4 Å². The molecule has 6 nitrogen and oxygen atoms in total. The molecule has 0 fully saturated rings.